The third-order valence-corrected chi connectivity index (χ3v) is 4.08. The lowest BCUT2D eigenvalue weighted by Crippen LogP contribution is -2.52. The Hall–Kier alpha value is -1.73. The van der Waals surface area contributed by atoms with Crippen LogP contribution in [0.4, 0.5) is 13.6 Å². The molecule has 0 spiro atoms. The van der Waals surface area contributed by atoms with Crippen molar-refractivity contribution in [2.24, 2.45) is 5.73 Å². The Morgan fingerprint density at radius 2 is 2.00 bits per heavy atom. The first-order valence-corrected chi connectivity index (χ1v) is 8.33. The van der Waals surface area contributed by atoms with Gasteiger partial charge in [-0.2, -0.15) is 0 Å². The number of halogens is 2. The van der Waals surface area contributed by atoms with Crippen molar-refractivity contribution in [2.45, 2.75) is 63.3 Å². The molecular formula is C18H26F2N2O3. The lowest BCUT2D eigenvalue weighted by atomic mass is 9.95. The third kappa shape index (κ3) is 5.37. The van der Waals surface area contributed by atoms with Gasteiger partial charge in [-0.25, -0.2) is 13.6 Å². The number of aliphatic hydroxyl groups excluding tert-OH is 1. The monoisotopic (exact) mass is 356 g/mol. The van der Waals surface area contributed by atoms with Gasteiger partial charge in [-0.15, -0.1) is 0 Å². The van der Waals surface area contributed by atoms with Gasteiger partial charge in [0.2, 0.25) is 0 Å². The number of likely N-dealkylation sites (tertiary alicyclic amines) is 1. The highest BCUT2D eigenvalue weighted by Crippen LogP contribution is 2.35. The van der Waals surface area contributed by atoms with E-state index < -0.39 is 48.8 Å². The molecule has 1 fully saturated rings. The molecule has 3 unspecified atom stereocenters. The summed E-state index contributed by atoms with van der Waals surface area (Å²) < 4.78 is 33.0. The van der Waals surface area contributed by atoms with E-state index in [1.54, 1.807) is 20.8 Å². The summed E-state index contributed by atoms with van der Waals surface area (Å²) in [4.78, 5) is 13.2. The molecule has 1 aromatic carbocycles. The second-order valence-electron chi connectivity index (χ2n) is 7.58. The van der Waals surface area contributed by atoms with E-state index in [4.69, 9.17) is 10.5 Å². The van der Waals surface area contributed by atoms with Crippen LogP contribution in [0.2, 0.25) is 0 Å². The van der Waals surface area contributed by atoms with Gasteiger partial charge in [0.15, 0.2) is 0 Å². The van der Waals surface area contributed by atoms with Crippen molar-refractivity contribution in [3.05, 3.63) is 35.9 Å². The van der Waals surface area contributed by atoms with Crippen LogP contribution in [-0.2, 0) is 11.2 Å². The molecule has 5 nitrogen and oxygen atoms in total. The molecule has 2 rings (SSSR count). The first-order valence-electron chi connectivity index (χ1n) is 8.33. The fraction of sp³-hybridized carbons (Fsp3) is 0.611. The number of hydrogen-bond acceptors (Lipinski definition) is 4. The van der Waals surface area contributed by atoms with E-state index in [9.17, 15) is 18.7 Å². The Labute approximate surface area is 146 Å². The molecule has 1 amide bonds. The highest BCUT2D eigenvalue weighted by atomic mass is 19.3. The van der Waals surface area contributed by atoms with Crippen LogP contribution < -0.4 is 5.73 Å². The largest absolute Gasteiger partial charge is 0.444 e. The van der Waals surface area contributed by atoms with E-state index in [1.165, 1.54) is 0 Å². The van der Waals surface area contributed by atoms with Crippen molar-refractivity contribution < 1.29 is 23.4 Å². The molecule has 140 valence electrons. The van der Waals surface area contributed by atoms with Crippen molar-refractivity contribution in [3.8, 4) is 0 Å². The van der Waals surface area contributed by atoms with Gasteiger partial charge in [0, 0.05) is 12.5 Å². The number of nitrogens with zero attached hydrogens (tertiary/aromatic N) is 1. The van der Waals surface area contributed by atoms with Crippen molar-refractivity contribution in [1.29, 1.82) is 0 Å². The van der Waals surface area contributed by atoms with Gasteiger partial charge >= 0.3 is 6.09 Å². The van der Waals surface area contributed by atoms with Gasteiger partial charge in [0.25, 0.3) is 5.92 Å². The number of hydrogen-bond donors (Lipinski definition) is 2. The fourth-order valence-electron chi connectivity index (χ4n) is 2.97. The average Bonchev–Trinajstić information content (AvgIpc) is 2.82. The predicted molar refractivity (Wildman–Crippen MR) is 90.4 cm³/mol. The molecule has 0 aliphatic carbocycles. The standard InChI is InChI=1S/C18H26F2N2O3/c1-17(2,3)25-16(24)22-11-18(19,20)10-14(22)15(23)13(21)9-12-7-5-4-6-8-12/h4-8,13-15,23H,9-11,21H2,1-3H3. The minimum Gasteiger partial charge on any atom is -0.444 e. The Bertz CT molecular complexity index is 590. The van der Waals surface area contributed by atoms with Gasteiger partial charge in [-0.3, -0.25) is 4.90 Å². The molecule has 0 aromatic heterocycles. The summed E-state index contributed by atoms with van der Waals surface area (Å²) in [6.07, 6.45) is -2.44. The second-order valence-corrected chi connectivity index (χ2v) is 7.58. The predicted octanol–water partition coefficient (Wildman–Crippen LogP) is 2.56. The molecular weight excluding hydrogens is 330 g/mol. The Morgan fingerprint density at radius 3 is 2.56 bits per heavy atom. The number of carbonyl (C=O) groups excluding carboxylic acids is 1. The van der Waals surface area contributed by atoms with Crippen LogP contribution in [0, 0.1) is 0 Å². The molecule has 3 atom stereocenters. The Balaban J connectivity index is 2.11. The van der Waals surface area contributed by atoms with Gasteiger partial charge in [-0.1, -0.05) is 30.3 Å². The Kier molecular flexibility index (Phi) is 5.68. The zero-order valence-corrected chi connectivity index (χ0v) is 14.8. The summed E-state index contributed by atoms with van der Waals surface area (Å²) >= 11 is 0. The van der Waals surface area contributed by atoms with E-state index in [0.29, 0.717) is 6.42 Å². The highest BCUT2D eigenvalue weighted by Gasteiger charge is 2.51. The van der Waals surface area contributed by atoms with E-state index in [2.05, 4.69) is 0 Å². The molecule has 0 radical (unpaired) electrons. The highest BCUT2D eigenvalue weighted by molar-refractivity contribution is 5.69. The summed E-state index contributed by atoms with van der Waals surface area (Å²) in [6, 6.07) is 7.38. The van der Waals surface area contributed by atoms with Crippen molar-refractivity contribution in [3.63, 3.8) is 0 Å². The van der Waals surface area contributed by atoms with E-state index in [-0.39, 0.29) is 0 Å². The number of carbonyl (C=O) groups is 1. The van der Waals surface area contributed by atoms with Crippen LogP contribution in [0.5, 0.6) is 0 Å². The molecule has 1 aliphatic rings. The zero-order valence-electron chi connectivity index (χ0n) is 14.8. The van der Waals surface area contributed by atoms with Crippen LogP contribution in [0.15, 0.2) is 30.3 Å². The minimum atomic E-state index is -3.07. The van der Waals surface area contributed by atoms with Gasteiger partial charge in [0.1, 0.15) is 5.60 Å². The second kappa shape index (κ2) is 7.25. The van der Waals surface area contributed by atoms with Gasteiger partial charge < -0.3 is 15.6 Å². The summed E-state index contributed by atoms with van der Waals surface area (Å²) in [5, 5.41) is 10.5. The van der Waals surface area contributed by atoms with Crippen LogP contribution in [0.25, 0.3) is 0 Å². The summed E-state index contributed by atoms with van der Waals surface area (Å²) in [6.45, 7) is 4.20. The molecule has 3 N–H and O–H groups in total. The molecule has 1 aromatic rings. The summed E-state index contributed by atoms with van der Waals surface area (Å²) in [7, 11) is 0. The SMILES string of the molecule is CC(C)(C)OC(=O)N1CC(F)(F)CC1C(O)C(N)Cc1ccccc1. The minimum absolute atomic E-state index is 0.326. The maximum absolute atomic E-state index is 13.9. The van der Waals surface area contributed by atoms with Crippen LogP contribution in [0.1, 0.15) is 32.8 Å². The zero-order chi connectivity index (χ0) is 18.8. The van der Waals surface area contributed by atoms with Crippen LogP contribution >= 0.6 is 0 Å². The fourth-order valence-corrected chi connectivity index (χ4v) is 2.97. The van der Waals surface area contributed by atoms with E-state index in [1.807, 2.05) is 30.3 Å². The van der Waals surface area contributed by atoms with Crippen molar-refractivity contribution in [2.75, 3.05) is 6.54 Å². The lowest BCUT2D eigenvalue weighted by Gasteiger charge is -2.32. The molecule has 1 aliphatic heterocycles. The number of benzene rings is 1. The molecule has 1 saturated heterocycles. The van der Waals surface area contributed by atoms with Crippen molar-refractivity contribution >= 4 is 6.09 Å². The average molecular weight is 356 g/mol. The molecule has 7 heteroatoms. The summed E-state index contributed by atoms with van der Waals surface area (Å²) in [5.41, 5.74) is 6.12. The first kappa shape index (κ1) is 19.6. The molecule has 0 saturated carbocycles. The smallest absolute Gasteiger partial charge is 0.410 e. The maximum Gasteiger partial charge on any atom is 0.410 e. The molecule has 25 heavy (non-hydrogen) atoms. The molecule has 0 bridgehead atoms. The molecule has 1 heterocycles. The number of nitrogens with two attached hydrogens (primary N) is 1. The lowest BCUT2D eigenvalue weighted by molar-refractivity contribution is -0.00584. The van der Waals surface area contributed by atoms with E-state index in [0.717, 1.165) is 10.5 Å². The number of aliphatic hydroxyl groups is 1. The maximum atomic E-state index is 13.9. The van der Waals surface area contributed by atoms with Crippen LogP contribution in [0.3, 0.4) is 0 Å². The van der Waals surface area contributed by atoms with Crippen molar-refractivity contribution in [1.82, 2.24) is 4.90 Å². The topological polar surface area (TPSA) is 75.8 Å². The third-order valence-electron chi connectivity index (χ3n) is 4.08. The first-order chi connectivity index (χ1) is 11.5. The Morgan fingerprint density at radius 1 is 1.40 bits per heavy atom. The van der Waals surface area contributed by atoms with Crippen LogP contribution in [-0.4, -0.2) is 52.4 Å². The number of ether oxygens (including phenoxy) is 1. The quantitative estimate of drug-likeness (QED) is 0.869. The summed E-state index contributed by atoms with van der Waals surface area (Å²) in [5.74, 6) is -3.07. The van der Waals surface area contributed by atoms with Gasteiger partial charge in [-0.05, 0) is 32.8 Å². The number of amides is 1. The number of alkyl halides is 2. The van der Waals surface area contributed by atoms with Gasteiger partial charge in [0.05, 0.1) is 18.7 Å². The van der Waals surface area contributed by atoms with E-state index >= 15 is 0 Å². The normalized spacial score (nSPS) is 22.5. The number of rotatable bonds is 4.